The van der Waals surface area contributed by atoms with Gasteiger partial charge >= 0.3 is 0 Å². The van der Waals surface area contributed by atoms with Crippen LogP contribution in [0.4, 0.5) is 11.4 Å². The van der Waals surface area contributed by atoms with Crippen LogP contribution in [0.2, 0.25) is 0 Å². The lowest BCUT2D eigenvalue weighted by molar-refractivity contribution is -0.116. The van der Waals surface area contributed by atoms with E-state index >= 15 is 0 Å². The van der Waals surface area contributed by atoms with Crippen LogP contribution in [0.1, 0.15) is 37.3 Å². The van der Waals surface area contributed by atoms with Crippen molar-refractivity contribution < 1.29 is 9.59 Å². The Bertz CT molecular complexity index is 1720. The second kappa shape index (κ2) is 16.3. The third-order valence-electron chi connectivity index (χ3n) is 6.85. The van der Waals surface area contributed by atoms with Crippen LogP contribution in [0.15, 0.2) is 95.9 Å². The quantitative estimate of drug-likeness (QED) is 0.166. The summed E-state index contributed by atoms with van der Waals surface area (Å²) in [5.41, 5.74) is 5.56. The number of amides is 2. The maximum Gasteiger partial charge on any atom is 0.276 e. The Kier molecular flexibility index (Phi) is 11.7. The molecule has 0 bridgehead atoms. The molecule has 0 radical (unpaired) electrons. The predicted octanol–water partition coefficient (Wildman–Crippen LogP) is 5.19. The Hall–Kier alpha value is -5.58. The van der Waals surface area contributed by atoms with Gasteiger partial charge in [-0.15, -0.1) is 10.2 Å². The third-order valence-corrected chi connectivity index (χ3v) is 6.85. The smallest absolute Gasteiger partial charge is 0.276 e. The van der Waals surface area contributed by atoms with Crippen LogP contribution >= 0.6 is 0 Å². The van der Waals surface area contributed by atoms with Crippen LogP contribution in [-0.2, 0) is 22.7 Å². The van der Waals surface area contributed by atoms with E-state index in [0.29, 0.717) is 36.7 Å². The second-order valence-corrected chi connectivity index (χ2v) is 10.6. The number of carbonyl (C=O) groups is 2. The van der Waals surface area contributed by atoms with Crippen LogP contribution in [0.3, 0.4) is 0 Å². The van der Waals surface area contributed by atoms with Crippen molar-refractivity contribution in [2.75, 3.05) is 24.7 Å². The van der Waals surface area contributed by atoms with Crippen molar-refractivity contribution in [3.8, 4) is 22.5 Å². The Morgan fingerprint density at radius 1 is 0.933 bits per heavy atom. The molecule has 3 N–H and O–H groups in total. The number of unbranched alkanes of at least 4 members (excludes halogenated alkanes) is 1. The van der Waals surface area contributed by atoms with Gasteiger partial charge in [-0.05, 0) is 40.0 Å². The lowest BCUT2D eigenvalue weighted by Gasteiger charge is -2.16. The summed E-state index contributed by atoms with van der Waals surface area (Å²) >= 11 is 0. The summed E-state index contributed by atoms with van der Waals surface area (Å²) in [5.74, 6) is 0.431. The number of nitrogens with zero attached hydrogens (tertiary/aromatic N) is 5. The highest BCUT2D eigenvalue weighted by atomic mass is 16.2. The molecule has 5 aromatic rings. The summed E-state index contributed by atoms with van der Waals surface area (Å²) in [6, 6.07) is 27.6. The summed E-state index contributed by atoms with van der Waals surface area (Å²) < 4.78 is 1.65. The summed E-state index contributed by atoms with van der Waals surface area (Å²) in [5, 5.41) is 20.7. The van der Waals surface area contributed by atoms with Gasteiger partial charge in [0.2, 0.25) is 18.1 Å². The Labute approximate surface area is 262 Å². The summed E-state index contributed by atoms with van der Waals surface area (Å²) in [4.78, 5) is 36.9. The fourth-order valence-electron chi connectivity index (χ4n) is 4.50. The van der Waals surface area contributed by atoms with E-state index in [1.807, 2.05) is 85.8 Å². The van der Waals surface area contributed by atoms with E-state index in [4.69, 9.17) is 0 Å². The van der Waals surface area contributed by atoms with Gasteiger partial charge in [0.1, 0.15) is 5.69 Å². The molecule has 0 saturated carbocycles. The molecule has 0 saturated heterocycles. The van der Waals surface area contributed by atoms with Gasteiger partial charge in [0.15, 0.2) is 0 Å². The largest absolute Gasteiger partial charge is 0.375 e. The van der Waals surface area contributed by atoms with Crippen molar-refractivity contribution in [2.24, 2.45) is 0 Å². The Morgan fingerprint density at radius 3 is 2.27 bits per heavy atom. The number of pyridine rings is 1. The fourth-order valence-corrected chi connectivity index (χ4v) is 4.50. The van der Waals surface area contributed by atoms with E-state index in [2.05, 4.69) is 31.3 Å². The molecule has 0 unspecified atom stereocenters. The van der Waals surface area contributed by atoms with Crippen LogP contribution < -0.4 is 16.2 Å². The zero-order chi connectivity index (χ0) is 32.0. The van der Waals surface area contributed by atoms with Crippen molar-refractivity contribution in [1.29, 1.82) is 0 Å². The summed E-state index contributed by atoms with van der Waals surface area (Å²) in [6.07, 6.45) is 4.61. The molecule has 2 aromatic heterocycles. The molecule has 11 nitrogen and oxygen atoms in total. The van der Waals surface area contributed by atoms with Crippen LogP contribution in [-0.4, -0.2) is 56.5 Å². The fraction of sp³-hybridized carbons (Fsp3) is 0.235. The lowest BCUT2D eigenvalue weighted by Crippen LogP contribution is -2.26. The molecule has 0 aliphatic rings. The first kappa shape index (κ1) is 32.3. The minimum atomic E-state index is -0.192. The molecule has 3 aromatic carbocycles. The molecular weight excluding hydrogens is 568 g/mol. The maximum atomic E-state index is 13.5. The molecule has 0 spiro atoms. The van der Waals surface area contributed by atoms with Crippen molar-refractivity contribution >= 4 is 23.7 Å². The second-order valence-electron chi connectivity index (χ2n) is 10.6. The monoisotopic (exact) mass is 606 g/mol. The molecule has 0 fully saturated rings. The zero-order valence-electron chi connectivity index (χ0n) is 25.7. The van der Waals surface area contributed by atoms with Crippen molar-refractivity contribution in [3.63, 3.8) is 0 Å². The molecule has 232 valence electrons. The third kappa shape index (κ3) is 9.20. The summed E-state index contributed by atoms with van der Waals surface area (Å²) in [6.45, 7) is 2.89. The maximum absolute atomic E-state index is 13.5. The van der Waals surface area contributed by atoms with Gasteiger partial charge in [0, 0.05) is 38.8 Å². The van der Waals surface area contributed by atoms with Crippen molar-refractivity contribution in [2.45, 2.75) is 39.3 Å². The number of rotatable bonds is 12. The van der Waals surface area contributed by atoms with Gasteiger partial charge < -0.3 is 20.1 Å². The number of anilines is 2. The van der Waals surface area contributed by atoms with E-state index in [1.54, 1.807) is 30.9 Å². The van der Waals surface area contributed by atoms with Gasteiger partial charge in [-0.1, -0.05) is 92.2 Å². The average Bonchev–Trinajstić information content (AvgIpc) is 3.61. The zero-order valence-corrected chi connectivity index (χ0v) is 25.7. The number of aromatic nitrogens is 5. The number of H-pyrrole nitrogens is 1. The van der Waals surface area contributed by atoms with Gasteiger partial charge in [-0.3, -0.25) is 14.4 Å². The highest BCUT2D eigenvalue weighted by Crippen LogP contribution is 2.30. The van der Waals surface area contributed by atoms with Gasteiger partial charge in [-0.25, -0.2) is 0 Å². The predicted molar refractivity (Wildman–Crippen MR) is 177 cm³/mol. The van der Waals surface area contributed by atoms with E-state index in [1.165, 1.54) is 4.90 Å². The van der Waals surface area contributed by atoms with Crippen LogP contribution in [0.5, 0.6) is 0 Å². The first-order valence-corrected chi connectivity index (χ1v) is 14.7. The number of benzene rings is 3. The van der Waals surface area contributed by atoms with E-state index in [0.717, 1.165) is 47.1 Å². The number of tetrazole rings is 1. The molecule has 11 heteroatoms. The average molecular weight is 607 g/mol. The minimum Gasteiger partial charge on any atom is -0.375 e. The van der Waals surface area contributed by atoms with Gasteiger partial charge in [-0.2, -0.15) is 5.21 Å². The number of hydrogen-bond donors (Lipinski definition) is 3. The molecule has 2 heterocycles. The molecule has 2 amide bonds. The standard InChI is InChI=1S/C31H31N7O2.C3H7NO/c1-2-3-13-28(39)33-27-18-19-38(21-23-9-5-4-6-10-23)31(40)29(27)32-20-22-14-16-24(17-15-22)25-11-7-8-12-26(25)30-34-36-37-35-30;1-4(2)3-5/h4-12,14-19,32H,2-3,13,20-21H2,1H3,(H,33,39)(H,34,35,36,37);3H,1-2H3. The number of nitrogens with one attached hydrogen (secondary N) is 3. The molecular formula is C34H38N8O3. The molecule has 0 aliphatic carbocycles. The normalized spacial score (nSPS) is 10.4. The first-order valence-electron chi connectivity index (χ1n) is 14.7. The lowest BCUT2D eigenvalue weighted by atomic mass is 9.98. The Balaban J connectivity index is 0.000000854. The number of carbonyl (C=O) groups excluding carboxylic acids is 2. The van der Waals surface area contributed by atoms with Gasteiger partial charge in [0.05, 0.1) is 12.2 Å². The molecule has 0 atom stereocenters. The topological polar surface area (TPSA) is 138 Å². The van der Waals surface area contributed by atoms with Crippen molar-refractivity contribution in [3.05, 3.63) is 113 Å². The number of aromatic amines is 1. The molecule has 0 aliphatic heterocycles. The van der Waals surface area contributed by atoms with Crippen LogP contribution in [0.25, 0.3) is 22.5 Å². The van der Waals surface area contributed by atoms with E-state index < -0.39 is 0 Å². The first-order chi connectivity index (χ1) is 21.9. The van der Waals surface area contributed by atoms with Crippen molar-refractivity contribution in [1.82, 2.24) is 30.1 Å². The minimum absolute atomic E-state index is 0.102. The summed E-state index contributed by atoms with van der Waals surface area (Å²) in [7, 11) is 3.38. The van der Waals surface area contributed by atoms with Crippen LogP contribution in [0, 0.1) is 0 Å². The SMILES string of the molecule is CCCCC(=O)Nc1ccn(Cc2ccccc2)c(=O)c1NCc1ccc(-c2ccccc2-c2nn[nH]n2)cc1.CN(C)C=O. The van der Waals surface area contributed by atoms with Gasteiger partial charge in [0.25, 0.3) is 5.56 Å². The Morgan fingerprint density at radius 2 is 1.62 bits per heavy atom. The van der Waals surface area contributed by atoms with E-state index in [-0.39, 0.29) is 11.5 Å². The highest BCUT2D eigenvalue weighted by Gasteiger charge is 2.14. The molecule has 45 heavy (non-hydrogen) atoms. The molecule has 5 rings (SSSR count). The number of hydrogen-bond acceptors (Lipinski definition) is 7. The van der Waals surface area contributed by atoms with E-state index in [9.17, 15) is 14.4 Å². The highest BCUT2D eigenvalue weighted by molar-refractivity contribution is 5.94.